The van der Waals surface area contributed by atoms with E-state index in [0.29, 0.717) is 0 Å². The molecule has 0 heterocycles. The third-order valence-electron chi connectivity index (χ3n) is 1.53. The molecule has 0 saturated carbocycles. The molecule has 0 spiro atoms. The lowest BCUT2D eigenvalue weighted by atomic mass is 10.2. The molecule has 0 bridgehead atoms. The van der Waals surface area contributed by atoms with Gasteiger partial charge in [0.15, 0.2) is 23.3 Å². The van der Waals surface area contributed by atoms with Gasteiger partial charge < -0.3 is 0 Å². The molecule has 0 fully saturated rings. The zero-order chi connectivity index (χ0) is 10.9. The first-order valence-corrected chi connectivity index (χ1v) is 4.12. The van der Waals surface area contributed by atoms with Crippen molar-refractivity contribution >= 4 is 15.9 Å². The Labute approximate surface area is 84.7 Å². The van der Waals surface area contributed by atoms with E-state index >= 15 is 0 Å². The Balaban J connectivity index is 3.43. The molecular formula is C7H4BrF4NO. The highest BCUT2D eigenvalue weighted by Crippen LogP contribution is 2.28. The zero-order valence-corrected chi connectivity index (χ0v) is 8.17. The van der Waals surface area contributed by atoms with Crippen molar-refractivity contribution in [3.63, 3.8) is 0 Å². The lowest BCUT2D eigenvalue weighted by molar-refractivity contribution is 0.117. The number of benzene rings is 1. The molecule has 7 heteroatoms. The minimum atomic E-state index is -1.53. The van der Waals surface area contributed by atoms with Gasteiger partial charge in [-0.2, -0.15) is 0 Å². The van der Waals surface area contributed by atoms with Crippen LogP contribution in [-0.2, 0) is 11.4 Å². The van der Waals surface area contributed by atoms with Crippen molar-refractivity contribution in [2.75, 3.05) is 0 Å². The summed E-state index contributed by atoms with van der Waals surface area (Å²) in [6, 6.07) is 0. The van der Waals surface area contributed by atoms with E-state index in [-0.39, 0.29) is 0 Å². The summed E-state index contributed by atoms with van der Waals surface area (Å²) in [5.74, 6) is -1.54. The third-order valence-corrected chi connectivity index (χ3v) is 2.22. The summed E-state index contributed by atoms with van der Waals surface area (Å²) in [7, 11) is 0. The maximum atomic E-state index is 12.9. The van der Waals surface area contributed by atoms with E-state index in [9.17, 15) is 17.6 Å². The maximum Gasteiger partial charge on any atom is 0.176 e. The zero-order valence-electron chi connectivity index (χ0n) is 6.58. The van der Waals surface area contributed by atoms with Crippen LogP contribution < -0.4 is 5.90 Å². The van der Waals surface area contributed by atoms with Gasteiger partial charge in [0.2, 0.25) is 0 Å². The van der Waals surface area contributed by atoms with E-state index in [1.54, 1.807) is 0 Å². The highest BCUT2D eigenvalue weighted by molar-refractivity contribution is 9.10. The number of rotatable bonds is 2. The van der Waals surface area contributed by atoms with Crippen molar-refractivity contribution in [3.05, 3.63) is 33.3 Å². The minimum absolute atomic E-state index is 0.751. The third kappa shape index (κ3) is 1.75. The Bertz CT molecular complexity index is 342. The number of halogens is 5. The van der Waals surface area contributed by atoms with Crippen LogP contribution in [0.1, 0.15) is 5.56 Å². The molecule has 0 atom stereocenters. The molecule has 0 amide bonds. The highest BCUT2D eigenvalue weighted by Gasteiger charge is 2.23. The summed E-state index contributed by atoms with van der Waals surface area (Å²) >= 11 is 2.36. The molecule has 1 aromatic carbocycles. The molecule has 0 aliphatic heterocycles. The molecule has 0 radical (unpaired) electrons. The molecule has 2 N–H and O–H groups in total. The summed E-state index contributed by atoms with van der Waals surface area (Å²) in [5.41, 5.74) is -0.884. The SMILES string of the molecule is NOCc1c(F)c(F)c(Br)c(F)c1F. The molecule has 2 nitrogen and oxygen atoms in total. The average Bonchev–Trinajstić information content (AvgIpc) is 2.19. The minimum Gasteiger partial charge on any atom is -0.300 e. The lowest BCUT2D eigenvalue weighted by Crippen LogP contribution is -2.08. The Morgan fingerprint density at radius 1 is 1.00 bits per heavy atom. The van der Waals surface area contributed by atoms with E-state index in [2.05, 4.69) is 26.7 Å². The molecule has 0 aromatic heterocycles. The quantitative estimate of drug-likeness (QED) is 0.389. The first kappa shape index (κ1) is 11.4. The Morgan fingerprint density at radius 2 is 1.43 bits per heavy atom. The molecule has 0 aliphatic carbocycles. The summed E-state index contributed by atoms with van der Waals surface area (Å²) in [6.07, 6.45) is 0. The summed E-state index contributed by atoms with van der Waals surface area (Å²) in [6.45, 7) is -0.751. The van der Waals surface area contributed by atoms with E-state index < -0.39 is 39.9 Å². The monoisotopic (exact) mass is 273 g/mol. The van der Waals surface area contributed by atoms with Gasteiger partial charge in [0, 0.05) is 0 Å². The van der Waals surface area contributed by atoms with Crippen molar-refractivity contribution in [3.8, 4) is 0 Å². The standard InChI is InChI=1S/C7H4BrF4NO/c8-3-6(11)4(9)2(1-14-13)5(10)7(3)12/h1,13H2. The normalized spacial score (nSPS) is 10.7. The van der Waals surface area contributed by atoms with Crippen LogP contribution in [0.5, 0.6) is 0 Å². The van der Waals surface area contributed by atoms with Gasteiger partial charge >= 0.3 is 0 Å². The predicted molar refractivity (Wildman–Crippen MR) is 43.0 cm³/mol. The van der Waals surface area contributed by atoms with E-state index in [1.807, 2.05) is 0 Å². The highest BCUT2D eigenvalue weighted by atomic mass is 79.9. The summed E-state index contributed by atoms with van der Waals surface area (Å²) < 4.78 is 50.7. The van der Waals surface area contributed by atoms with Crippen LogP contribution in [0.25, 0.3) is 0 Å². The molecular weight excluding hydrogens is 270 g/mol. The van der Waals surface area contributed by atoms with Crippen LogP contribution >= 0.6 is 15.9 Å². The van der Waals surface area contributed by atoms with Crippen molar-refractivity contribution in [2.45, 2.75) is 6.61 Å². The summed E-state index contributed by atoms with van der Waals surface area (Å²) in [4.78, 5) is 3.91. The second-order valence-corrected chi connectivity index (χ2v) is 3.15. The molecule has 0 saturated heterocycles. The van der Waals surface area contributed by atoms with E-state index in [0.717, 1.165) is 0 Å². The van der Waals surface area contributed by atoms with Crippen molar-refractivity contribution in [2.24, 2.45) is 5.90 Å². The van der Waals surface area contributed by atoms with E-state index in [4.69, 9.17) is 0 Å². The Hall–Kier alpha value is -0.660. The van der Waals surface area contributed by atoms with Gasteiger partial charge in [-0.25, -0.2) is 23.5 Å². The topological polar surface area (TPSA) is 35.2 Å². The van der Waals surface area contributed by atoms with Crippen LogP contribution in [0, 0.1) is 23.3 Å². The van der Waals surface area contributed by atoms with Gasteiger partial charge in [-0.15, -0.1) is 0 Å². The molecule has 78 valence electrons. The van der Waals surface area contributed by atoms with Crippen molar-refractivity contribution in [1.29, 1.82) is 0 Å². The second-order valence-electron chi connectivity index (χ2n) is 2.36. The Kier molecular flexibility index (Phi) is 3.46. The number of nitrogens with two attached hydrogens (primary N) is 1. The second kappa shape index (κ2) is 4.24. The van der Waals surface area contributed by atoms with Gasteiger partial charge in [0.25, 0.3) is 0 Å². The van der Waals surface area contributed by atoms with Crippen LogP contribution in [0.3, 0.4) is 0 Å². The van der Waals surface area contributed by atoms with Gasteiger partial charge in [-0.3, -0.25) is 4.84 Å². The van der Waals surface area contributed by atoms with Crippen molar-refractivity contribution < 1.29 is 22.4 Å². The van der Waals surface area contributed by atoms with Crippen LogP contribution in [0.2, 0.25) is 0 Å². The van der Waals surface area contributed by atoms with Crippen LogP contribution in [0.15, 0.2) is 4.47 Å². The van der Waals surface area contributed by atoms with Gasteiger partial charge in [-0.1, -0.05) is 0 Å². The molecule has 0 aliphatic rings. The molecule has 1 rings (SSSR count). The van der Waals surface area contributed by atoms with Gasteiger partial charge in [-0.05, 0) is 15.9 Å². The fourth-order valence-corrected chi connectivity index (χ4v) is 1.21. The van der Waals surface area contributed by atoms with Crippen molar-refractivity contribution in [1.82, 2.24) is 0 Å². The smallest absolute Gasteiger partial charge is 0.176 e. The lowest BCUT2D eigenvalue weighted by Gasteiger charge is -2.07. The predicted octanol–water partition coefficient (Wildman–Crippen LogP) is 2.40. The first-order valence-electron chi connectivity index (χ1n) is 3.32. The molecule has 14 heavy (non-hydrogen) atoms. The number of hydrogen-bond donors (Lipinski definition) is 1. The van der Waals surface area contributed by atoms with Gasteiger partial charge in [0.05, 0.1) is 16.6 Å². The fraction of sp³-hybridized carbons (Fsp3) is 0.143. The Morgan fingerprint density at radius 3 is 1.79 bits per heavy atom. The van der Waals surface area contributed by atoms with Crippen LogP contribution in [-0.4, -0.2) is 0 Å². The number of hydrogen-bond acceptors (Lipinski definition) is 2. The maximum absolute atomic E-state index is 12.9. The van der Waals surface area contributed by atoms with E-state index in [1.165, 1.54) is 0 Å². The summed E-state index contributed by atoms with van der Waals surface area (Å²) in [5, 5.41) is 0. The van der Waals surface area contributed by atoms with Crippen LogP contribution in [0.4, 0.5) is 17.6 Å². The first-order chi connectivity index (χ1) is 6.50. The molecule has 0 unspecified atom stereocenters. The van der Waals surface area contributed by atoms with Gasteiger partial charge in [0.1, 0.15) is 0 Å². The average molecular weight is 274 g/mol. The molecule has 1 aromatic rings. The fourth-order valence-electron chi connectivity index (χ4n) is 0.860. The largest absolute Gasteiger partial charge is 0.300 e.